The number of nitrogens with zero attached hydrogens (tertiary/aromatic N) is 16. The van der Waals surface area contributed by atoms with Crippen molar-refractivity contribution in [1.82, 2.24) is 0 Å². The summed E-state index contributed by atoms with van der Waals surface area (Å²) in [6, 6.07) is 97.1. The van der Waals surface area contributed by atoms with Gasteiger partial charge in [0.2, 0.25) is 5.24 Å². The number of hydrogen-bond acceptors (Lipinski definition) is 13. The number of nitrogens with one attached hydrogen (secondary N) is 2. The largest absolute Gasteiger partial charge is 0.462 e. The van der Waals surface area contributed by atoms with Crippen LogP contribution in [0.5, 0.6) is 0 Å². The lowest BCUT2D eigenvalue weighted by atomic mass is 9.71. The van der Waals surface area contributed by atoms with Crippen LogP contribution < -0.4 is 15.1 Å². The van der Waals surface area contributed by atoms with Gasteiger partial charge in [-0.25, -0.2) is 9.59 Å². The number of ether oxygens (including phenoxy) is 2. The van der Waals surface area contributed by atoms with Gasteiger partial charge in [-0.1, -0.05) is 211 Å². The molecule has 0 amide bonds. The Morgan fingerprint density at radius 1 is 0.357 bits per heavy atom. The van der Waals surface area contributed by atoms with Crippen molar-refractivity contribution in [2.45, 2.75) is 156 Å². The second kappa shape index (κ2) is 56.0. The van der Waals surface area contributed by atoms with Crippen LogP contribution >= 0.6 is 27.5 Å². The summed E-state index contributed by atoms with van der Waals surface area (Å²) >= 11 is 8.47. The molecule has 722 valence electrons. The van der Waals surface area contributed by atoms with Gasteiger partial charge in [-0.2, -0.15) is 9.82 Å². The number of esters is 2. The maximum Gasteiger partial charge on any atom is 0.333 e. The topological polar surface area (TPSA) is 424 Å². The molecule has 0 fully saturated rings. The maximum atomic E-state index is 12.2. The van der Waals surface area contributed by atoms with E-state index in [4.69, 9.17) is 54.3 Å². The third kappa shape index (κ3) is 30.0. The van der Waals surface area contributed by atoms with Gasteiger partial charge in [0.25, 0.3) is 10.4 Å². The van der Waals surface area contributed by atoms with Gasteiger partial charge >= 0.3 is 11.9 Å². The number of rotatable bonds is 33. The Hall–Kier alpha value is -15.0. The highest BCUT2D eigenvalue weighted by atomic mass is 79.9. The summed E-state index contributed by atoms with van der Waals surface area (Å²) < 4.78 is 12.2. The fraction of sp³-hybridized carbons (Fsp3) is 0.270. The second-order valence-corrected chi connectivity index (χ2v) is 35.4. The van der Waals surface area contributed by atoms with Crippen LogP contribution in [0.15, 0.2) is 335 Å². The molecule has 0 heterocycles. The van der Waals surface area contributed by atoms with Crippen LogP contribution in [0.1, 0.15) is 165 Å². The van der Waals surface area contributed by atoms with Crippen molar-refractivity contribution >= 4 is 90.2 Å². The van der Waals surface area contributed by atoms with Crippen molar-refractivity contribution in [2.24, 2.45) is 20.9 Å². The molecule has 140 heavy (non-hydrogen) atoms. The summed E-state index contributed by atoms with van der Waals surface area (Å²) in [6.45, 7) is 29.6. The van der Waals surface area contributed by atoms with E-state index in [0.717, 1.165) is 114 Å². The normalized spacial score (nSPS) is 11.7. The van der Waals surface area contributed by atoms with Crippen LogP contribution in [0.3, 0.4) is 0 Å². The summed E-state index contributed by atoms with van der Waals surface area (Å²) in [4.78, 5) is 49.1. The van der Waals surface area contributed by atoms with Crippen LogP contribution in [0.2, 0.25) is 0 Å². The van der Waals surface area contributed by atoms with Gasteiger partial charge in [0, 0.05) is 119 Å². The highest BCUT2D eigenvalue weighted by Crippen LogP contribution is 2.59. The predicted molar refractivity (Wildman–Crippen MR) is 567 cm³/mol. The molecular formula is C111H120BrClN18O9. The number of hydrogen-bond donors (Lipinski definition) is 6. The average molecular weight is 1970 g/mol. The molecule has 0 radical (unpaired) electrons. The second-order valence-electron chi connectivity index (χ2n) is 34.1. The van der Waals surface area contributed by atoms with Crippen LogP contribution in [-0.4, -0.2) is 77.2 Å². The van der Waals surface area contributed by atoms with Crippen molar-refractivity contribution in [3.05, 3.63) is 433 Å². The molecule has 15 rings (SSSR count). The van der Waals surface area contributed by atoms with Crippen molar-refractivity contribution < 1.29 is 44.3 Å². The lowest BCUT2D eigenvalue weighted by Crippen LogP contribution is -2.27. The smallest absolute Gasteiger partial charge is 0.333 e. The van der Waals surface area contributed by atoms with Gasteiger partial charge in [0.1, 0.15) is 0 Å². The van der Waals surface area contributed by atoms with Crippen LogP contribution in [0, 0.1) is 47.1 Å². The molecule has 0 saturated carbocycles. The molecule has 27 nitrogen and oxygen atoms in total. The molecule has 3 aliphatic carbocycles. The Kier molecular flexibility index (Phi) is 44.2. The molecular weight excluding hydrogens is 1840 g/mol. The first-order valence-corrected chi connectivity index (χ1v) is 47.0. The lowest BCUT2D eigenvalue weighted by molar-refractivity contribution is -0.139. The van der Waals surface area contributed by atoms with E-state index in [1.165, 1.54) is 100 Å². The van der Waals surface area contributed by atoms with E-state index in [0.29, 0.717) is 42.8 Å². The number of azide groups is 4. The Labute approximate surface area is 832 Å². The summed E-state index contributed by atoms with van der Waals surface area (Å²) in [5.41, 5.74) is 73.8. The standard InChI is InChI=1S/C41H43NO4.C33H35NO2.C19H21BrO2.C14H15N.C4H5ClO.2N6.HN3/c1-28(2)39(43)45-23-11-21-41(22-12-24-46-40(44)29(3)4)37-18-8-7-17-35(37)36-20-19-34(27-38(36)41)42(32-15-9-13-30(5)25-32)33-16-10-14-31(6)26-33;1-24-9-5-11-26(21-24)34(27-12-6-10-25(2)22-27)28-15-16-30-29-13-3-4-14-31(29)33(17-7-19-35,18-8-20-36)32(30)23-28;20-14-7-8-16-15-5-1-2-6-17(15)19(9-3-11-21,10-4-12-22)18(16)13-14;1-11-5-3-7-13(9-11)15-14-8-4-6-12(2)10-14;1-3(2)4(5)6;2*1-3-5-6-4-2;1-3-2/h7-10,13-20,25-27H,1,3,11-12,21-24H2,2,4-6H3;3-6,9-16,21-23,35-36H,7-8,17-20H2,1-2H3;1-2,5-8,13,21-22H,3-4,9-12H2;3-10,15H,1-2H3;1H2,2H3;;;1H. The summed E-state index contributed by atoms with van der Waals surface area (Å²) in [5, 5.41) is 51.1. The van der Waals surface area contributed by atoms with Crippen molar-refractivity contribution in [2.75, 3.05) is 54.8 Å². The zero-order chi connectivity index (χ0) is 102. The third-order valence-corrected chi connectivity index (χ3v) is 24.7. The Morgan fingerprint density at radius 2 is 0.607 bits per heavy atom. The summed E-state index contributed by atoms with van der Waals surface area (Å²) in [6.07, 6.45) is 9.36. The van der Waals surface area contributed by atoms with E-state index in [1.807, 2.05) is 0 Å². The number of anilines is 8. The van der Waals surface area contributed by atoms with Crippen molar-refractivity contribution in [3.8, 4) is 33.4 Å². The molecule has 0 aromatic heterocycles. The van der Waals surface area contributed by atoms with Crippen LogP contribution in [-0.2, 0) is 40.1 Å². The zero-order valence-corrected chi connectivity index (χ0v) is 82.9. The van der Waals surface area contributed by atoms with Gasteiger partial charge < -0.3 is 45.0 Å². The average Bonchev–Trinajstić information content (AvgIpc) is 1.57. The number of allylic oxidation sites excluding steroid dienone is 1. The number of aliphatic hydroxyl groups is 4. The molecule has 0 saturated heterocycles. The minimum absolute atomic E-state index is 0.0961. The van der Waals surface area contributed by atoms with Crippen LogP contribution in [0.25, 0.3) is 85.6 Å². The number of fused-ring (bicyclic) bond motifs is 9. The fourth-order valence-electron chi connectivity index (χ4n) is 18.1. The Morgan fingerprint density at radius 3 is 0.871 bits per heavy atom. The zero-order valence-electron chi connectivity index (χ0n) is 80.6. The molecule has 29 heteroatoms. The first-order valence-electron chi connectivity index (χ1n) is 45.8. The Bertz CT molecular complexity index is 6290. The quantitative estimate of drug-likeness (QED) is 0.00327. The van der Waals surface area contributed by atoms with E-state index in [9.17, 15) is 34.8 Å². The van der Waals surface area contributed by atoms with Gasteiger partial charge in [-0.3, -0.25) is 4.79 Å². The minimum atomic E-state index is -0.463. The molecule has 0 aliphatic heterocycles. The maximum absolute atomic E-state index is 12.2. The molecule has 0 atom stereocenters. The van der Waals surface area contributed by atoms with Crippen molar-refractivity contribution in [1.29, 1.82) is 5.53 Å². The lowest BCUT2D eigenvalue weighted by Gasteiger charge is -2.34. The molecule has 3 aliphatic rings. The molecule has 12 aromatic rings. The van der Waals surface area contributed by atoms with Crippen molar-refractivity contribution in [3.63, 3.8) is 0 Å². The first kappa shape index (κ1) is 110. The Balaban J connectivity index is 0.000000224. The molecule has 12 aromatic carbocycles. The predicted octanol–water partition coefficient (Wildman–Crippen LogP) is 31.0. The number of carbonyl (C=O) groups excluding carboxylic acids is 3. The fourth-order valence-corrected chi connectivity index (χ4v) is 18.4. The van der Waals surface area contributed by atoms with E-state index in [2.05, 4.69) is 406 Å². The number of aliphatic hydroxyl groups excluding tert-OH is 4. The molecule has 0 bridgehead atoms. The number of carbonyl (C=O) groups is 3. The molecule has 0 unspecified atom stereocenters. The minimum Gasteiger partial charge on any atom is -0.462 e. The van der Waals surface area contributed by atoms with E-state index < -0.39 is 5.24 Å². The van der Waals surface area contributed by atoms with E-state index >= 15 is 0 Å². The monoisotopic (exact) mass is 1960 g/mol. The number of aryl methyl sites for hydroxylation is 6. The van der Waals surface area contributed by atoms with E-state index in [-0.39, 0.29) is 54.6 Å². The summed E-state index contributed by atoms with van der Waals surface area (Å²) in [5.74, 6) is -0.746. The van der Waals surface area contributed by atoms with Crippen LogP contribution in [0.4, 0.5) is 45.5 Å². The van der Waals surface area contributed by atoms with Gasteiger partial charge in [-0.05, 0) is 371 Å². The van der Waals surface area contributed by atoms with Gasteiger partial charge in [0.15, 0.2) is 0 Å². The van der Waals surface area contributed by atoms with E-state index in [1.54, 1.807) is 25.7 Å². The molecule has 0 spiro atoms. The molecule has 6 N–H and O–H groups in total. The number of benzene rings is 12. The third-order valence-electron chi connectivity index (χ3n) is 23.9. The SMILES string of the molecule is C=C(C)C(=O)Cl.C=C(C)C(=O)OCCCC1(CCCOC(=O)C(=C)C)c2ccccc2-c2ccc(N(c3cccc(C)c3)c3cccc(C)c3)cc21.Cc1cccc(N(c2cccc(C)c2)c2ccc3c(c2)C(CCCO)(CCCO)c2ccccc2-3)c1.Cc1cccc(Nc2cccc(C)c2)c1.OCCCC1(CCCO)c2ccccc2-c2ccc(Br)cc21.[N-]=[N+]=N.[N-]=[N+]=NN=[N+]=[N-].[N-]=[N+]=NN=[N+]=[N-]. The van der Waals surface area contributed by atoms with Gasteiger partial charge in [0.05, 0.1) is 23.7 Å². The number of halogens is 2. The summed E-state index contributed by atoms with van der Waals surface area (Å²) in [7, 11) is 0. The highest BCUT2D eigenvalue weighted by Gasteiger charge is 2.46. The van der Waals surface area contributed by atoms with Gasteiger partial charge in [-0.15, -0.1) is 16.6 Å². The first-order chi connectivity index (χ1) is 67.5. The highest BCUT2D eigenvalue weighted by molar-refractivity contribution is 9.10.